The Hall–Kier alpha value is -2.06. The van der Waals surface area contributed by atoms with Crippen LogP contribution in [0.1, 0.15) is 23.2 Å². The minimum atomic E-state index is -0.534. The van der Waals surface area contributed by atoms with Gasteiger partial charge in [0.05, 0.1) is 15.8 Å². The van der Waals surface area contributed by atoms with Gasteiger partial charge in [-0.3, -0.25) is 9.59 Å². The quantitative estimate of drug-likeness (QED) is 0.634. The molecule has 6 nitrogen and oxygen atoms in total. The van der Waals surface area contributed by atoms with Gasteiger partial charge in [0, 0.05) is 23.1 Å². The molecule has 142 valence electrons. The lowest BCUT2D eigenvalue weighted by Crippen LogP contribution is -2.24. The zero-order valence-corrected chi connectivity index (χ0v) is 17.7. The second-order valence-electron chi connectivity index (χ2n) is 6.20. The summed E-state index contributed by atoms with van der Waals surface area (Å²) in [5.74, 6) is -0.278. The first kappa shape index (κ1) is 19.7. The number of primary amides is 1. The van der Waals surface area contributed by atoms with Gasteiger partial charge in [-0.15, -0.1) is 0 Å². The van der Waals surface area contributed by atoms with Gasteiger partial charge in [-0.1, -0.05) is 15.9 Å². The van der Waals surface area contributed by atoms with Gasteiger partial charge in [-0.05, 0) is 65.2 Å². The van der Waals surface area contributed by atoms with Crippen molar-refractivity contribution in [2.75, 3.05) is 29.9 Å². The Morgan fingerprint density at radius 2 is 1.85 bits per heavy atom. The lowest BCUT2D eigenvalue weighted by molar-refractivity contribution is -0.118. The van der Waals surface area contributed by atoms with Crippen molar-refractivity contribution in [1.82, 2.24) is 0 Å². The van der Waals surface area contributed by atoms with E-state index in [1.807, 2.05) is 18.2 Å². The molecule has 2 aromatic carbocycles. The summed E-state index contributed by atoms with van der Waals surface area (Å²) in [7, 11) is 0. The molecule has 0 radical (unpaired) electrons. The highest BCUT2D eigenvalue weighted by atomic mass is 79.9. The van der Waals surface area contributed by atoms with Crippen LogP contribution in [0.25, 0.3) is 0 Å². The van der Waals surface area contributed by atoms with Crippen LogP contribution < -0.4 is 20.7 Å². The molecule has 0 saturated carbocycles. The Balaban J connectivity index is 1.73. The zero-order valence-electron chi connectivity index (χ0n) is 14.5. The first-order valence-corrected chi connectivity index (χ1v) is 10.1. The standard InChI is InChI=1S/C19H19Br2N3O3/c20-13-4-6-17(14(21)10-13)27-11-18(25)23-15-9-12(19(22)26)3-5-16(15)24-7-1-2-8-24/h3-6,9-10H,1-2,7-8,11H2,(H2,22,26)(H,23,25). The van der Waals surface area contributed by atoms with Crippen LogP contribution in [-0.4, -0.2) is 31.5 Å². The number of carbonyl (C=O) groups is 2. The lowest BCUT2D eigenvalue weighted by atomic mass is 10.1. The molecule has 1 heterocycles. The van der Waals surface area contributed by atoms with Crippen molar-refractivity contribution in [3.63, 3.8) is 0 Å². The number of anilines is 2. The van der Waals surface area contributed by atoms with E-state index in [1.54, 1.807) is 18.2 Å². The Bertz CT molecular complexity index is 867. The molecule has 1 saturated heterocycles. The SMILES string of the molecule is NC(=O)c1ccc(N2CCCC2)c(NC(=O)COc2ccc(Br)cc2Br)c1. The van der Waals surface area contributed by atoms with Gasteiger partial charge in [0.2, 0.25) is 5.91 Å². The molecule has 1 aliphatic rings. The van der Waals surface area contributed by atoms with Crippen LogP contribution in [-0.2, 0) is 4.79 Å². The number of nitrogens with zero attached hydrogens (tertiary/aromatic N) is 1. The molecule has 2 aromatic rings. The highest BCUT2D eigenvalue weighted by Gasteiger charge is 2.18. The summed E-state index contributed by atoms with van der Waals surface area (Å²) in [4.78, 5) is 26.1. The third-order valence-corrected chi connectivity index (χ3v) is 5.37. The highest BCUT2D eigenvalue weighted by molar-refractivity contribution is 9.11. The van der Waals surface area contributed by atoms with E-state index in [-0.39, 0.29) is 12.5 Å². The van der Waals surface area contributed by atoms with Crippen LogP contribution >= 0.6 is 31.9 Å². The van der Waals surface area contributed by atoms with Crippen LogP contribution in [0.2, 0.25) is 0 Å². The van der Waals surface area contributed by atoms with E-state index < -0.39 is 5.91 Å². The van der Waals surface area contributed by atoms with Crippen molar-refractivity contribution < 1.29 is 14.3 Å². The minimum Gasteiger partial charge on any atom is -0.483 e. The van der Waals surface area contributed by atoms with Gasteiger partial charge in [0.25, 0.3) is 5.91 Å². The molecule has 27 heavy (non-hydrogen) atoms. The molecule has 2 amide bonds. The predicted octanol–water partition coefficient (Wildman–Crippen LogP) is 3.93. The molecule has 0 atom stereocenters. The van der Waals surface area contributed by atoms with Crippen molar-refractivity contribution >= 4 is 55.0 Å². The number of rotatable bonds is 6. The van der Waals surface area contributed by atoms with Gasteiger partial charge < -0.3 is 20.7 Å². The van der Waals surface area contributed by atoms with Crippen LogP contribution in [0.5, 0.6) is 5.75 Å². The normalized spacial score (nSPS) is 13.5. The number of halogens is 2. The van der Waals surface area contributed by atoms with E-state index in [4.69, 9.17) is 10.5 Å². The van der Waals surface area contributed by atoms with E-state index in [0.29, 0.717) is 17.0 Å². The molecule has 3 N–H and O–H groups in total. The van der Waals surface area contributed by atoms with E-state index in [1.165, 1.54) is 0 Å². The number of hydrogen-bond acceptors (Lipinski definition) is 4. The maximum atomic E-state index is 12.4. The number of hydrogen-bond donors (Lipinski definition) is 2. The van der Waals surface area contributed by atoms with Gasteiger partial charge in [-0.25, -0.2) is 0 Å². The van der Waals surface area contributed by atoms with Gasteiger partial charge in [-0.2, -0.15) is 0 Å². The van der Waals surface area contributed by atoms with Crippen molar-refractivity contribution in [1.29, 1.82) is 0 Å². The summed E-state index contributed by atoms with van der Waals surface area (Å²) in [5, 5.41) is 2.85. The summed E-state index contributed by atoms with van der Waals surface area (Å²) in [6.07, 6.45) is 2.21. The Morgan fingerprint density at radius 3 is 2.52 bits per heavy atom. The topological polar surface area (TPSA) is 84.7 Å². The van der Waals surface area contributed by atoms with Crippen molar-refractivity contribution in [3.8, 4) is 5.75 Å². The molecule has 0 aromatic heterocycles. The number of nitrogens with one attached hydrogen (secondary N) is 1. The number of benzene rings is 2. The third kappa shape index (κ3) is 5.01. The summed E-state index contributed by atoms with van der Waals surface area (Å²) in [5.41, 5.74) is 7.18. The molecule has 1 aliphatic heterocycles. The highest BCUT2D eigenvalue weighted by Crippen LogP contribution is 2.31. The van der Waals surface area contributed by atoms with Crippen molar-refractivity contribution in [2.24, 2.45) is 5.73 Å². The van der Waals surface area contributed by atoms with Crippen LogP contribution in [0.4, 0.5) is 11.4 Å². The number of nitrogens with two attached hydrogens (primary N) is 1. The summed E-state index contributed by atoms with van der Waals surface area (Å²) >= 11 is 6.77. The smallest absolute Gasteiger partial charge is 0.262 e. The van der Waals surface area contributed by atoms with Crippen LogP contribution in [0.15, 0.2) is 45.3 Å². The van der Waals surface area contributed by atoms with E-state index in [0.717, 1.165) is 40.6 Å². The third-order valence-electron chi connectivity index (χ3n) is 4.25. The van der Waals surface area contributed by atoms with Crippen LogP contribution in [0, 0.1) is 0 Å². The molecule has 0 spiro atoms. The second-order valence-corrected chi connectivity index (χ2v) is 7.97. The zero-order chi connectivity index (χ0) is 19.4. The molecule has 1 fully saturated rings. The molecular formula is C19H19Br2N3O3. The first-order chi connectivity index (χ1) is 12.9. The van der Waals surface area contributed by atoms with E-state index in [2.05, 4.69) is 42.1 Å². The maximum absolute atomic E-state index is 12.4. The minimum absolute atomic E-state index is 0.152. The van der Waals surface area contributed by atoms with Crippen molar-refractivity contribution in [3.05, 3.63) is 50.9 Å². The fraction of sp³-hybridized carbons (Fsp3) is 0.263. The summed E-state index contributed by atoms with van der Waals surface area (Å²) in [6.45, 7) is 1.68. The second kappa shape index (κ2) is 8.75. The molecule has 0 unspecified atom stereocenters. The Labute approximate surface area is 174 Å². The Kier molecular flexibility index (Phi) is 6.38. The number of carbonyl (C=O) groups excluding carboxylic acids is 2. The van der Waals surface area contributed by atoms with E-state index >= 15 is 0 Å². The number of amides is 2. The lowest BCUT2D eigenvalue weighted by Gasteiger charge is -2.22. The van der Waals surface area contributed by atoms with Gasteiger partial charge >= 0.3 is 0 Å². The average molecular weight is 497 g/mol. The number of ether oxygens (including phenoxy) is 1. The largest absolute Gasteiger partial charge is 0.483 e. The van der Waals surface area contributed by atoms with E-state index in [9.17, 15) is 9.59 Å². The van der Waals surface area contributed by atoms with Crippen LogP contribution in [0.3, 0.4) is 0 Å². The predicted molar refractivity (Wildman–Crippen MR) is 112 cm³/mol. The fourth-order valence-electron chi connectivity index (χ4n) is 2.95. The molecule has 3 rings (SSSR count). The first-order valence-electron chi connectivity index (χ1n) is 8.50. The monoisotopic (exact) mass is 495 g/mol. The van der Waals surface area contributed by atoms with Gasteiger partial charge in [0.15, 0.2) is 6.61 Å². The Morgan fingerprint density at radius 1 is 1.11 bits per heavy atom. The maximum Gasteiger partial charge on any atom is 0.262 e. The molecular weight excluding hydrogens is 478 g/mol. The summed E-state index contributed by atoms with van der Waals surface area (Å²) < 4.78 is 7.24. The van der Waals surface area contributed by atoms with Crippen molar-refractivity contribution in [2.45, 2.75) is 12.8 Å². The molecule has 8 heteroatoms. The summed E-state index contributed by atoms with van der Waals surface area (Å²) in [6, 6.07) is 10.6. The van der Waals surface area contributed by atoms with Gasteiger partial charge in [0.1, 0.15) is 5.75 Å². The molecule has 0 aliphatic carbocycles. The molecule has 0 bridgehead atoms. The average Bonchev–Trinajstić information content (AvgIpc) is 3.15. The fourth-order valence-corrected chi connectivity index (χ4v) is 4.11.